The van der Waals surface area contributed by atoms with Crippen LogP contribution in [0.5, 0.6) is 0 Å². The molecule has 1 nitrogen and oxygen atoms in total. The zero-order chi connectivity index (χ0) is 8.10. The van der Waals surface area contributed by atoms with Crippen molar-refractivity contribution in [3.05, 3.63) is 41.7 Å². The lowest BCUT2D eigenvalue weighted by Gasteiger charge is -1.90. The molecule has 0 atom stereocenters. The lowest BCUT2D eigenvalue weighted by molar-refractivity contribution is 0.727. The summed E-state index contributed by atoms with van der Waals surface area (Å²) < 4.78 is 11.6. The summed E-state index contributed by atoms with van der Waals surface area (Å²) in [6, 6.07) is 8.65. The molecule has 54 valence electrons. The van der Waals surface area contributed by atoms with E-state index in [0.717, 1.165) is 5.56 Å². The van der Waals surface area contributed by atoms with Gasteiger partial charge in [-0.2, -0.15) is 5.26 Å². The summed E-state index contributed by atoms with van der Waals surface area (Å²) in [4.78, 5) is 0. The fourth-order valence-corrected chi connectivity index (χ4v) is 0.742. The topological polar surface area (TPSA) is 23.8 Å². The van der Waals surface area contributed by atoms with E-state index in [1.165, 1.54) is 6.08 Å². The van der Waals surface area contributed by atoms with Gasteiger partial charge >= 0.3 is 0 Å². The average Bonchev–Trinajstić information content (AvgIpc) is 2.07. The first-order valence-electron chi connectivity index (χ1n) is 3.14. The Morgan fingerprint density at radius 2 is 1.91 bits per heavy atom. The van der Waals surface area contributed by atoms with Crippen LogP contribution in [-0.2, 0) is 0 Å². The van der Waals surface area contributed by atoms with Gasteiger partial charge in [-0.05, 0) is 23.8 Å². The molecule has 0 aliphatic rings. The number of hydrogen-bond acceptors (Lipinski definition) is 1. The molecule has 0 fully saturated rings. The van der Waals surface area contributed by atoms with E-state index in [1.54, 1.807) is 24.3 Å². The van der Waals surface area contributed by atoms with Crippen LogP contribution >= 0.6 is 0 Å². The van der Waals surface area contributed by atoms with Gasteiger partial charge in [0, 0.05) is 0 Å². The monoisotopic (exact) mass is 147 g/mol. The van der Waals surface area contributed by atoms with Gasteiger partial charge < -0.3 is 0 Å². The van der Waals surface area contributed by atoms with Crippen LogP contribution in [0, 0.1) is 11.3 Å². The minimum absolute atomic E-state index is 0.474. The highest BCUT2D eigenvalue weighted by atomic mass is 19.1. The average molecular weight is 147 g/mol. The van der Waals surface area contributed by atoms with E-state index in [-0.39, 0.29) is 0 Å². The Hall–Kier alpha value is -1.62. The maximum atomic E-state index is 11.6. The van der Waals surface area contributed by atoms with Crippen LogP contribution in [0.4, 0.5) is 4.39 Å². The molecule has 0 spiro atoms. The van der Waals surface area contributed by atoms with Gasteiger partial charge in [0.2, 0.25) is 0 Å². The summed E-state index contributed by atoms with van der Waals surface area (Å²) in [5, 5.41) is 8.42. The molecule has 0 unspecified atom stereocenters. The first-order valence-corrected chi connectivity index (χ1v) is 3.14. The van der Waals surface area contributed by atoms with Crippen molar-refractivity contribution in [1.29, 1.82) is 5.26 Å². The van der Waals surface area contributed by atoms with Crippen molar-refractivity contribution in [3.8, 4) is 6.07 Å². The number of rotatable bonds is 1. The van der Waals surface area contributed by atoms with Gasteiger partial charge in [0.1, 0.15) is 0 Å². The summed E-state index contributed by atoms with van der Waals surface area (Å²) >= 11 is 0. The molecule has 0 bridgehead atoms. The zero-order valence-corrected chi connectivity index (χ0v) is 5.79. The smallest absolute Gasteiger partial charge is 0.0991 e. The minimum Gasteiger partial charge on any atom is -0.216 e. The highest BCUT2D eigenvalue weighted by Gasteiger charge is 1.87. The van der Waals surface area contributed by atoms with Gasteiger partial charge in [0.15, 0.2) is 0 Å². The normalized spacial score (nSPS) is 9.82. The lowest BCUT2D eigenvalue weighted by Crippen LogP contribution is -1.73. The van der Waals surface area contributed by atoms with E-state index in [9.17, 15) is 4.39 Å². The fourth-order valence-electron chi connectivity index (χ4n) is 0.742. The molecule has 0 N–H and O–H groups in total. The lowest BCUT2D eigenvalue weighted by atomic mass is 10.1. The van der Waals surface area contributed by atoms with Crippen molar-refractivity contribution in [2.45, 2.75) is 0 Å². The highest BCUT2D eigenvalue weighted by molar-refractivity contribution is 5.49. The molecule has 0 saturated carbocycles. The predicted molar refractivity (Wildman–Crippen MR) is 41.3 cm³/mol. The summed E-state index contributed by atoms with van der Waals surface area (Å²) in [6.07, 6.45) is 1.81. The van der Waals surface area contributed by atoms with E-state index in [1.807, 2.05) is 6.07 Å². The predicted octanol–water partition coefficient (Wildman–Crippen LogP) is 2.50. The second-order valence-corrected chi connectivity index (χ2v) is 2.03. The maximum Gasteiger partial charge on any atom is 0.0991 e. The SMILES string of the molecule is N#Cc1ccc(/C=C/F)cc1. The van der Waals surface area contributed by atoms with E-state index in [2.05, 4.69) is 0 Å². The van der Waals surface area contributed by atoms with Crippen LogP contribution in [0.15, 0.2) is 30.6 Å². The van der Waals surface area contributed by atoms with Crippen molar-refractivity contribution in [2.75, 3.05) is 0 Å². The van der Waals surface area contributed by atoms with Crippen LogP contribution < -0.4 is 0 Å². The quantitative estimate of drug-likeness (QED) is 0.598. The summed E-state index contributed by atoms with van der Waals surface area (Å²) in [7, 11) is 0. The van der Waals surface area contributed by atoms with Crippen molar-refractivity contribution >= 4 is 6.08 Å². The molecule has 0 aliphatic carbocycles. The van der Waals surface area contributed by atoms with Crippen molar-refractivity contribution in [1.82, 2.24) is 0 Å². The number of halogens is 1. The zero-order valence-electron chi connectivity index (χ0n) is 5.79. The van der Waals surface area contributed by atoms with Crippen LogP contribution in [0.1, 0.15) is 11.1 Å². The Morgan fingerprint density at radius 1 is 1.27 bits per heavy atom. The Balaban J connectivity index is 2.94. The van der Waals surface area contributed by atoms with Crippen LogP contribution in [0.2, 0.25) is 0 Å². The molecule has 1 aromatic carbocycles. The molecule has 2 heteroatoms. The van der Waals surface area contributed by atoms with Crippen molar-refractivity contribution in [2.24, 2.45) is 0 Å². The van der Waals surface area contributed by atoms with Crippen LogP contribution in [0.3, 0.4) is 0 Å². The molecular formula is C9H6FN. The second kappa shape index (κ2) is 3.52. The van der Waals surface area contributed by atoms with Crippen LogP contribution in [0.25, 0.3) is 6.08 Å². The molecule has 11 heavy (non-hydrogen) atoms. The van der Waals surface area contributed by atoms with Crippen molar-refractivity contribution < 1.29 is 4.39 Å². The fraction of sp³-hybridized carbons (Fsp3) is 0. The Bertz CT molecular complexity index is 292. The summed E-state index contributed by atoms with van der Waals surface area (Å²) in [5.74, 6) is 0. The van der Waals surface area contributed by atoms with Gasteiger partial charge in [0.05, 0.1) is 18.0 Å². The first-order chi connectivity index (χ1) is 5.36. The molecule has 0 aromatic heterocycles. The van der Waals surface area contributed by atoms with Gasteiger partial charge in [-0.3, -0.25) is 0 Å². The largest absolute Gasteiger partial charge is 0.216 e. The van der Waals surface area contributed by atoms with E-state index >= 15 is 0 Å². The molecule has 0 amide bonds. The van der Waals surface area contributed by atoms with E-state index < -0.39 is 0 Å². The minimum atomic E-state index is 0.474. The van der Waals surface area contributed by atoms with E-state index in [4.69, 9.17) is 5.26 Å². The Kier molecular flexibility index (Phi) is 2.40. The third kappa shape index (κ3) is 1.91. The molecule has 0 aliphatic heterocycles. The molecular weight excluding hydrogens is 141 g/mol. The van der Waals surface area contributed by atoms with Crippen LogP contribution in [-0.4, -0.2) is 0 Å². The molecule has 0 heterocycles. The molecule has 0 saturated heterocycles. The number of nitriles is 1. The second-order valence-electron chi connectivity index (χ2n) is 2.03. The molecule has 0 radical (unpaired) electrons. The molecule has 1 aromatic rings. The van der Waals surface area contributed by atoms with Crippen molar-refractivity contribution in [3.63, 3.8) is 0 Å². The third-order valence-electron chi connectivity index (χ3n) is 1.30. The van der Waals surface area contributed by atoms with Gasteiger partial charge in [0.25, 0.3) is 0 Å². The van der Waals surface area contributed by atoms with Gasteiger partial charge in [-0.1, -0.05) is 12.1 Å². The Morgan fingerprint density at radius 3 is 2.36 bits per heavy atom. The number of benzene rings is 1. The first kappa shape index (κ1) is 7.49. The third-order valence-corrected chi connectivity index (χ3v) is 1.30. The van der Waals surface area contributed by atoms with Gasteiger partial charge in [-0.25, -0.2) is 4.39 Å². The maximum absolute atomic E-state index is 11.6. The highest BCUT2D eigenvalue weighted by Crippen LogP contribution is 2.04. The van der Waals surface area contributed by atoms with Gasteiger partial charge in [-0.15, -0.1) is 0 Å². The number of hydrogen-bond donors (Lipinski definition) is 0. The molecule has 1 rings (SSSR count). The van der Waals surface area contributed by atoms with E-state index in [0.29, 0.717) is 11.9 Å². The number of nitrogens with zero attached hydrogens (tertiary/aromatic N) is 1. The Labute approximate surface area is 64.4 Å². The summed E-state index contributed by atoms with van der Waals surface area (Å²) in [6.45, 7) is 0. The summed E-state index contributed by atoms with van der Waals surface area (Å²) in [5.41, 5.74) is 1.34. The standard InChI is InChI=1S/C9H6FN/c10-6-5-8-1-3-9(7-11)4-2-8/h1-6H/b6-5+.